The van der Waals surface area contributed by atoms with Crippen molar-refractivity contribution in [2.24, 2.45) is 0 Å². The van der Waals surface area contributed by atoms with Gasteiger partial charge in [-0.3, -0.25) is 0 Å². The number of aryl methyl sites for hydroxylation is 1. The standard InChI is InChI=1S/C16H20BrN3O/c1-11-5-6-13(17)7-14(11)21-15-18-8-12(9-19-15)10-20-16(2,3)4/h5-9,20H,10H2,1-4H3. The van der Waals surface area contributed by atoms with Crippen LogP contribution in [0.2, 0.25) is 0 Å². The van der Waals surface area contributed by atoms with E-state index in [1.165, 1.54) is 0 Å². The summed E-state index contributed by atoms with van der Waals surface area (Å²) < 4.78 is 6.68. The lowest BCUT2D eigenvalue weighted by Crippen LogP contribution is -2.35. The first-order valence-corrected chi connectivity index (χ1v) is 7.63. The number of hydrogen-bond donors (Lipinski definition) is 1. The maximum absolute atomic E-state index is 5.72. The number of halogens is 1. The highest BCUT2D eigenvalue weighted by Crippen LogP contribution is 2.26. The number of aromatic nitrogens is 2. The lowest BCUT2D eigenvalue weighted by Gasteiger charge is -2.20. The quantitative estimate of drug-likeness (QED) is 0.897. The molecule has 0 aliphatic rings. The maximum atomic E-state index is 5.72. The van der Waals surface area contributed by atoms with Gasteiger partial charge in [-0.25, -0.2) is 9.97 Å². The van der Waals surface area contributed by atoms with Crippen molar-refractivity contribution < 1.29 is 4.74 Å². The third-order valence-corrected chi connectivity index (χ3v) is 3.35. The van der Waals surface area contributed by atoms with Gasteiger partial charge in [-0.15, -0.1) is 0 Å². The lowest BCUT2D eigenvalue weighted by molar-refractivity contribution is 0.419. The van der Waals surface area contributed by atoms with Crippen molar-refractivity contribution in [1.29, 1.82) is 0 Å². The molecule has 21 heavy (non-hydrogen) atoms. The Hall–Kier alpha value is -1.46. The molecule has 0 saturated carbocycles. The van der Waals surface area contributed by atoms with Gasteiger partial charge in [0, 0.05) is 34.5 Å². The summed E-state index contributed by atoms with van der Waals surface area (Å²) in [5, 5.41) is 3.40. The fourth-order valence-corrected chi connectivity index (χ4v) is 1.98. The molecule has 0 spiro atoms. The average Bonchev–Trinajstić information content (AvgIpc) is 2.41. The van der Waals surface area contributed by atoms with Crippen LogP contribution < -0.4 is 10.1 Å². The SMILES string of the molecule is Cc1ccc(Br)cc1Oc1ncc(CNC(C)(C)C)cn1. The van der Waals surface area contributed by atoms with Gasteiger partial charge in [-0.2, -0.15) is 0 Å². The van der Waals surface area contributed by atoms with Crippen LogP contribution in [0, 0.1) is 6.92 Å². The molecule has 0 aliphatic carbocycles. The summed E-state index contributed by atoms with van der Waals surface area (Å²) in [6.45, 7) is 9.10. The normalized spacial score (nSPS) is 11.5. The van der Waals surface area contributed by atoms with Gasteiger partial charge in [0.2, 0.25) is 0 Å². The molecule has 0 aliphatic heterocycles. The van der Waals surface area contributed by atoms with Crippen LogP contribution in [0.15, 0.2) is 35.1 Å². The Morgan fingerprint density at radius 2 is 1.86 bits per heavy atom. The van der Waals surface area contributed by atoms with E-state index in [1.54, 1.807) is 12.4 Å². The zero-order chi connectivity index (χ0) is 15.5. The van der Waals surface area contributed by atoms with Gasteiger partial charge in [0.05, 0.1) is 0 Å². The van der Waals surface area contributed by atoms with Crippen LogP contribution in [0.5, 0.6) is 11.8 Å². The largest absolute Gasteiger partial charge is 0.424 e. The maximum Gasteiger partial charge on any atom is 0.321 e. The number of nitrogens with zero attached hydrogens (tertiary/aromatic N) is 2. The van der Waals surface area contributed by atoms with Crippen LogP contribution in [0.3, 0.4) is 0 Å². The van der Waals surface area contributed by atoms with Gasteiger partial charge in [0.1, 0.15) is 5.75 Å². The monoisotopic (exact) mass is 349 g/mol. The number of hydrogen-bond acceptors (Lipinski definition) is 4. The van der Waals surface area contributed by atoms with Gasteiger partial charge < -0.3 is 10.1 Å². The molecular formula is C16H20BrN3O. The second-order valence-corrected chi connectivity index (χ2v) is 6.90. The molecule has 1 aromatic carbocycles. The molecule has 0 fully saturated rings. The van der Waals surface area contributed by atoms with Gasteiger partial charge >= 0.3 is 6.01 Å². The molecule has 1 aromatic heterocycles. The first-order valence-electron chi connectivity index (χ1n) is 6.83. The minimum atomic E-state index is 0.0720. The molecule has 0 saturated heterocycles. The Kier molecular flexibility index (Phi) is 4.96. The Balaban J connectivity index is 2.04. The summed E-state index contributed by atoms with van der Waals surface area (Å²) in [6, 6.07) is 6.23. The number of ether oxygens (including phenoxy) is 1. The minimum absolute atomic E-state index is 0.0720. The van der Waals surface area contributed by atoms with Crippen molar-refractivity contribution >= 4 is 15.9 Å². The Morgan fingerprint density at radius 3 is 2.48 bits per heavy atom. The molecule has 1 heterocycles. The van der Waals surface area contributed by atoms with E-state index in [4.69, 9.17) is 4.74 Å². The van der Waals surface area contributed by atoms with E-state index < -0.39 is 0 Å². The van der Waals surface area contributed by atoms with E-state index in [2.05, 4.69) is 52.0 Å². The molecule has 4 nitrogen and oxygen atoms in total. The molecule has 0 radical (unpaired) electrons. The van der Waals surface area contributed by atoms with E-state index in [0.29, 0.717) is 6.01 Å². The Bertz CT molecular complexity index is 606. The Labute approximate surface area is 134 Å². The van der Waals surface area contributed by atoms with Crippen molar-refractivity contribution in [3.05, 3.63) is 46.2 Å². The van der Waals surface area contributed by atoms with Crippen LogP contribution in [0.4, 0.5) is 0 Å². The van der Waals surface area contributed by atoms with Gasteiger partial charge in [-0.05, 0) is 45.4 Å². The fraction of sp³-hybridized carbons (Fsp3) is 0.375. The zero-order valence-corrected chi connectivity index (χ0v) is 14.4. The summed E-state index contributed by atoms with van der Waals surface area (Å²) in [5.74, 6) is 0.755. The zero-order valence-electron chi connectivity index (χ0n) is 12.8. The van der Waals surface area contributed by atoms with Crippen LogP contribution in [-0.2, 0) is 6.54 Å². The highest BCUT2D eigenvalue weighted by atomic mass is 79.9. The summed E-state index contributed by atoms with van der Waals surface area (Å²) in [6.07, 6.45) is 3.57. The smallest absolute Gasteiger partial charge is 0.321 e. The number of benzene rings is 1. The average molecular weight is 350 g/mol. The predicted octanol–water partition coefficient (Wildman–Crippen LogP) is 4.23. The molecular weight excluding hydrogens is 330 g/mol. The van der Waals surface area contributed by atoms with E-state index >= 15 is 0 Å². The summed E-state index contributed by atoms with van der Waals surface area (Å²) in [7, 11) is 0. The van der Waals surface area contributed by atoms with Crippen molar-refractivity contribution in [2.45, 2.75) is 39.8 Å². The lowest BCUT2D eigenvalue weighted by atomic mass is 10.1. The molecule has 0 atom stereocenters. The summed E-state index contributed by atoms with van der Waals surface area (Å²) in [4.78, 5) is 8.51. The molecule has 0 amide bonds. The fourth-order valence-electron chi connectivity index (χ4n) is 1.64. The van der Waals surface area contributed by atoms with E-state index in [9.17, 15) is 0 Å². The topological polar surface area (TPSA) is 47.0 Å². The molecule has 2 aromatic rings. The van der Waals surface area contributed by atoms with Crippen LogP contribution in [0.25, 0.3) is 0 Å². The van der Waals surface area contributed by atoms with E-state index in [-0.39, 0.29) is 5.54 Å². The van der Waals surface area contributed by atoms with Gasteiger partial charge in [0.15, 0.2) is 0 Å². The Morgan fingerprint density at radius 1 is 1.19 bits per heavy atom. The second kappa shape index (κ2) is 6.54. The second-order valence-electron chi connectivity index (χ2n) is 5.99. The van der Waals surface area contributed by atoms with E-state index in [0.717, 1.165) is 27.9 Å². The summed E-state index contributed by atoms with van der Waals surface area (Å²) >= 11 is 3.43. The molecule has 0 bridgehead atoms. The van der Waals surface area contributed by atoms with Crippen LogP contribution in [-0.4, -0.2) is 15.5 Å². The molecule has 2 rings (SSSR count). The third-order valence-electron chi connectivity index (χ3n) is 2.86. The molecule has 5 heteroatoms. The first kappa shape index (κ1) is 15.9. The molecule has 0 unspecified atom stereocenters. The van der Waals surface area contributed by atoms with Gasteiger partial charge in [-0.1, -0.05) is 22.0 Å². The van der Waals surface area contributed by atoms with Crippen molar-refractivity contribution in [2.75, 3.05) is 0 Å². The van der Waals surface area contributed by atoms with Crippen LogP contribution >= 0.6 is 15.9 Å². The highest BCUT2D eigenvalue weighted by molar-refractivity contribution is 9.10. The predicted molar refractivity (Wildman–Crippen MR) is 87.6 cm³/mol. The highest BCUT2D eigenvalue weighted by Gasteiger charge is 2.09. The van der Waals surface area contributed by atoms with E-state index in [1.807, 2.05) is 25.1 Å². The number of nitrogens with one attached hydrogen (secondary N) is 1. The van der Waals surface area contributed by atoms with Crippen molar-refractivity contribution in [1.82, 2.24) is 15.3 Å². The van der Waals surface area contributed by atoms with Crippen molar-refractivity contribution in [3.8, 4) is 11.8 Å². The van der Waals surface area contributed by atoms with Gasteiger partial charge in [0.25, 0.3) is 0 Å². The van der Waals surface area contributed by atoms with Crippen molar-refractivity contribution in [3.63, 3.8) is 0 Å². The molecule has 1 N–H and O–H groups in total. The van der Waals surface area contributed by atoms with Crippen LogP contribution in [0.1, 0.15) is 31.9 Å². The summed E-state index contributed by atoms with van der Waals surface area (Å²) in [5.41, 5.74) is 2.14. The molecule has 112 valence electrons. The first-order chi connectivity index (χ1) is 9.83. The third kappa shape index (κ3) is 5.10. The number of rotatable bonds is 4. The minimum Gasteiger partial charge on any atom is -0.424 e.